The van der Waals surface area contributed by atoms with E-state index in [1.165, 1.54) is 5.56 Å². The fourth-order valence-electron chi connectivity index (χ4n) is 3.64. The number of aromatic nitrogens is 1. The number of fused-ring (bicyclic) bond motifs is 2. The molecular formula is C22H18NO2-. The van der Waals surface area contributed by atoms with Gasteiger partial charge in [0, 0.05) is 10.9 Å². The zero-order valence-electron chi connectivity index (χ0n) is 14.1. The molecule has 0 radical (unpaired) electrons. The number of hydrogen-bond donors (Lipinski definition) is 0. The topological polar surface area (TPSA) is 53.0 Å². The van der Waals surface area contributed by atoms with E-state index in [4.69, 9.17) is 4.98 Å². The van der Waals surface area contributed by atoms with E-state index in [-0.39, 0.29) is 0 Å². The Bertz CT molecular complexity index is 1020. The number of allylic oxidation sites excluding steroid dienone is 1. The van der Waals surface area contributed by atoms with Crippen molar-refractivity contribution in [2.24, 2.45) is 0 Å². The van der Waals surface area contributed by atoms with Gasteiger partial charge in [-0.2, -0.15) is 0 Å². The Balaban J connectivity index is 1.99. The molecule has 0 amide bonds. The molecule has 1 heterocycles. The Hall–Kier alpha value is -2.94. The van der Waals surface area contributed by atoms with Gasteiger partial charge in [0.15, 0.2) is 0 Å². The second kappa shape index (κ2) is 6.17. The summed E-state index contributed by atoms with van der Waals surface area (Å²) >= 11 is 0. The van der Waals surface area contributed by atoms with Crippen LogP contribution in [0.1, 0.15) is 45.6 Å². The molecule has 3 nitrogen and oxygen atoms in total. The Morgan fingerprint density at radius 2 is 1.84 bits per heavy atom. The third-order valence-electron chi connectivity index (χ3n) is 4.89. The lowest BCUT2D eigenvalue weighted by molar-refractivity contribution is -0.254. The van der Waals surface area contributed by atoms with Gasteiger partial charge in [-0.15, -0.1) is 0 Å². The summed E-state index contributed by atoms with van der Waals surface area (Å²) < 4.78 is 0. The number of aromatic carboxylic acids is 1. The molecule has 2 aromatic carbocycles. The number of carboxylic acids is 1. The maximum Gasteiger partial charge on any atom is 0.0725 e. The summed E-state index contributed by atoms with van der Waals surface area (Å²) in [5.74, 6) is -1.12. The zero-order valence-corrected chi connectivity index (χ0v) is 14.1. The van der Waals surface area contributed by atoms with Gasteiger partial charge in [-0.25, -0.2) is 4.98 Å². The summed E-state index contributed by atoms with van der Waals surface area (Å²) in [6.45, 7) is 2.08. The van der Waals surface area contributed by atoms with Crippen molar-refractivity contribution in [3.63, 3.8) is 0 Å². The summed E-state index contributed by atoms with van der Waals surface area (Å²) in [4.78, 5) is 16.7. The molecule has 3 heteroatoms. The Labute approximate surface area is 146 Å². The van der Waals surface area contributed by atoms with Crippen molar-refractivity contribution in [2.75, 3.05) is 0 Å². The molecule has 0 N–H and O–H groups in total. The van der Waals surface area contributed by atoms with Crippen LogP contribution < -0.4 is 5.11 Å². The highest BCUT2D eigenvalue weighted by atomic mass is 16.4. The number of para-hydroxylation sites is 1. The number of carbonyl (C=O) groups is 1. The monoisotopic (exact) mass is 328 g/mol. The van der Waals surface area contributed by atoms with E-state index in [1.54, 1.807) is 0 Å². The average molecular weight is 328 g/mol. The first kappa shape index (κ1) is 15.6. The molecule has 0 fully saturated rings. The van der Waals surface area contributed by atoms with Gasteiger partial charge in [0.25, 0.3) is 0 Å². The fraction of sp³-hybridized carbons (Fsp3) is 0.182. The lowest BCUT2D eigenvalue weighted by Crippen LogP contribution is -2.26. The highest BCUT2D eigenvalue weighted by Gasteiger charge is 2.22. The van der Waals surface area contributed by atoms with Crippen LogP contribution in [0.5, 0.6) is 0 Å². The van der Waals surface area contributed by atoms with Crippen LogP contribution in [-0.2, 0) is 6.42 Å². The van der Waals surface area contributed by atoms with E-state index < -0.39 is 5.97 Å². The predicted octanol–water partition coefficient (Wildman–Crippen LogP) is 3.78. The van der Waals surface area contributed by atoms with Gasteiger partial charge in [0.05, 0.1) is 17.2 Å². The third kappa shape index (κ3) is 2.72. The molecule has 0 unspecified atom stereocenters. The van der Waals surface area contributed by atoms with Crippen molar-refractivity contribution in [3.8, 4) is 0 Å². The lowest BCUT2D eigenvalue weighted by atomic mass is 9.85. The van der Waals surface area contributed by atoms with E-state index in [0.717, 1.165) is 41.7 Å². The molecule has 3 aromatic rings. The van der Waals surface area contributed by atoms with Crippen molar-refractivity contribution in [1.82, 2.24) is 4.98 Å². The van der Waals surface area contributed by atoms with Crippen LogP contribution in [0, 0.1) is 6.92 Å². The molecular weight excluding hydrogens is 310 g/mol. The van der Waals surface area contributed by atoms with Crippen LogP contribution in [0.15, 0.2) is 48.5 Å². The van der Waals surface area contributed by atoms with Crippen LogP contribution in [0.2, 0.25) is 0 Å². The molecule has 0 aliphatic heterocycles. The lowest BCUT2D eigenvalue weighted by Gasteiger charge is -2.23. The van der Waals surface area contributed by atoms with Crippen molar-refractivity contribution in [2.45, 2.75) is 26.2 Å². The van der Waals surface area contributed by atoms with E-state index in [1.807, 2.05) is 36.4 Å². The summed E-state index contributed by atoms with van der Waals surface area (Å²) in [6.07, 6.45) is 4.69. The molecule has 4 rings (SSSR count). The average Bonchev–Trinajstić information content (AvgIpc) is 2.61. The van der Waals surface area contributed by atoms with Crippen LogP contribution in [-0.4, -0.2) is 11.0 Å². The van der Waals surface area contributed by atoms with E-state index >= 15 is 0 Å². The van der Waals surface area contributed by atoms with E-state index in [9.17, 15) is 9.90 Å². The first-order chi connectivity index (χ1) is 12.1. The Morgan fingerprint density at radius 3 is 2.64 bits per heavy atom. The van der Waals surface area contributed by atoms with Gasteiger partial charge in [-0.1, -0.05) is 42.5 Å². The first-order valence-corrected chi connectivity index (χ1v) is 8.54. The van der Waals surface area contributed by atoms with Crippen molar-refractivity contribution < 1.29 is 9.90 Å². The number of carboxylic acid groups (broad SMARTS) is 1. The van der Waals surface area contributed by atoms with Gasteiger partial charge in [0.2, 0.25) is 0 Å². The number of aryl methyl sites for hydroxylation is 1. The third-order valence-corrected chi connectivity index (χ3v) is 4.89. The number of carbonyl (C=O) groups excluding carboxylic acids is 1. The van der Waals surface area contributed by atoms with Crippen LogP contribution >= 0.6 is 0 Å². The highest BCUT2D eigenvalue weighted by molar-refractivity contribution is 6.05. The largest absolute Gasteiger partial charge is 0.545 e. The summed E-state index contributed by atoms with van der Waals surface area (Å²) in [5.41, 5.74) is 6.08. The summed E-state index contributed by atoms with van der Waals surface area (Å²) in [5, 5.41) is 12.5. The maximum absolute atomic E-state index is 11.8. The number of hydrogen-bond acceptors (Lipinski definition) is 3. The van der Waals surface area contributed by atoms with Crippen LogP contribution in [0.4, 0.5) is 0 Å². The normalized spacial score (nSPS) is 15.3. The molecule has 0 spiro atoms. The zero-order chi connectivity index (χ0) is 17.4. The number of pyridine rings is 1. The molecule has 0 saturated carbocycles. The number of rotatable bonds is 2. The first-order valence-electron chi connectivity index (χ1n) is 8.54. The van der Waals surface area contributed by atoms with Gasteiger partial charge in [0.1, 0.15) is 0 Å². The Morgan fingerprint density at radius 1 is 1.08 bits per heavy atom. The number of benzene rings is 2. The minimum atomic E-state index is -1.12. The van der Waals surface area contributed by atoms with E-state index in [0.29, 0.717) is 16.5 Å². The second-order valence-electron chi connectivity index (χ2n) is 6.50. The van der Waals surface area contributed by atoms with E-state index in [2.05, 4.69) is 25.1 Å². The predicted molar refractivity (Wildman–Crippen MR) is 98.1 cm³/mol. The van der Waals surface area contributed by atoms with Crippen LogP contribution in [0.3, 0.4) is 0 Å². The van der Waals surface area contributed by atoms with Crippen molar-refractivity contribution in [3.05, 3.63) is 76.5 Å². The van der Waals surface area contributed by atoms with Crippen molar-refractivity contribution >= 4 is 28.5 Å². The summed E-state index contributed by atoms with van der Waals surface area (Å²) in [7, 11) is 0. The standard InChI is InChI=1S/C22H19NO2/c1-14-7-2-3-8-15(14)13-16-9-6-11-18-20(22(24)25)17-10-4-5-12-19(17)23-21(16)18/h2-5,7-8,10,12-13H,6,9,11H2,1H3,(H,24,25)/p-1/b16-13+. The molecule has 1 aliphatic carbocycles. The fourth-order valence-corrected chi connectivity index (χ4v) is 3.64. The smallest absolute Gasteiger partial charge is 0.0725 e. The van der Waals surface area contributed by atoms with Crippen molar-refractivity contribution in [1.29, 1.82) is 0 Å². The SMILES string of the molecule is Cc1ccccc1/C=C1\CCCc2c1nc1ccccc1c2C(=O)[O-]. The van der Waals surface area contributed by atoms with Gasteiger partial charge >= 0.3 is 0 Å². The van der Waals surface area contributed by atoms with Crippen LogP contribution in [0.25, 0.3) is 22.6 Å². The molecule has 124 valence electrons. The van der Waals surface area contributed by atoms with Gasteiger partial charge in [-0.05, 0) is 60.6 Å². The molecule has 0 saturated heterocycles. The molecule has 0 atom stereocenters. The summed E-state index contributed by atoms with van der Waals surface area (Å²) in [6, 6.07) is 15.6. The highest BCUT2D eigenvalue weighted by Crippen LogP contribution is 2.36. The van der Waals surface area contributed by atoms with Gasteiger partial charge in [-0.3, -0.25) is 0 Å². The molecule has 1 aromatic heterocycles. The maximum atomic E-state index is 11.8. The number of nitrogens with zero attached hydrogens (tertiary/aromatic N) is 1. The molecule has 25 heavy (non-hydrogen) atoms. The molecule has 1 aliphatic rings. The quantitative estimate of drug-likeness (QED) is 0.719. The Kier molecular flexibility index (Phi) is 3.85. The minimum absolute atomic E-state index is 0.302. The second-order valence-corrected chi connectivity index (χ2v) is 6.50. The van der Waals surface area contributed by atoms with Gasteiger partial charge < -0.3 is 9.90 Å². The minimum Gasteiger partial charge on any atom is -0.545 e. The molecule has 0 bridgehead atoms.